The monoisotopic (exact) mass is 451 g/mol. The Morgan fingerprint density at radius 2 is 1.69 bits per heavy atom. The number of ether oxygens (including phenoxy) is 1. The van der Waals surface area contributed by atoms with E-state index in [-0.39, 0.29) is 11.1 Å². The number of anilines is 1. The lowest BCUT2D eigenvalue weighted by molar-refractivity contribution is -0.124. The molecule has 7 heteroatoms. The molecule has 4 rings (SSSR count). The summed E-state index contributed by atoms with van der Waals surface area (Å²) in [5, 5.41) is -0.212. The van der Waals surface area contributed by atoms with Crippen LogP contribution in [0.15, 0.2) is 59.5 Å². The van der Waals surface area contributed by atoms with Crippen molar-refractivity contribution in [2.24, 2.45) is 0 Å². The molecule has 0 spiro atoms. The first kappa shape index (κ1) is 22.4. The number of nitrogens with zero attached hydrogens (tertiary/aromatic N) is 3. The van der Waals surface area contributed by atoms with E-state index in [2.05, 4.69) is 28.9 Å². The number of benzene rings is 2. The largest absolute Gasteiger partial charge is 0.493 e. The van der Waals surface area contributed by atoms with Gasteiger partial charge in [0.15, 0.2) is 0 Å². The van der Waals surface area contributed by atoms with E-state index >= 15 is 0 Å². The number of hydrogen-bond donors (Lipinski definition) is 0. The first-order chi connectivity index (χ1) is 15.7. The topological polar surface area (TPSA) is 53.1 Å². The molecule has 2 aromatic carbocycles. The van der Waals surface area contributed by atoms with E-state index in [0.717, 1.165) is 62.1 Å². The summed E-state index contributed by atoms with van der Waals surface area (Å²) >= 11 is 1.01. The number of thioether (sulfide) groups is 1. The molecule has 0 N–H and O–H groups in total. The fourth-order valence-corrected chi connectivity index (χ4v) is 4.63. The molecule has 0 radical (unpaired) electrons. The summed E-state index contributed by atoms with van der Waals surface area (Å²) in [6.45, 7) is 6.45. The minimum absolute atomic E-state index is 0.212. The number of para-hydroxylation sites is 2. The molecule has 2 aliphatic heterocycles. The van der Waals surface area contributed by atoms with Crippen molar-refractivity contribution in [1.29, 1.82) is 0 Å². The Morgan fingerprint density at radius 1 is 0.969 bits per heavy atom. The van der Waals surface area contributed by atoms with Crippen molar-refractivity contribution in [1.82, 2.24) is 9.80 Å². The van der Waals surface area contributed by atoms with Crippen LogP contribution in [0.2, 0.25) is 0 Å². The van der Waals surface area contributed by atoms with Crippen molar-refractivity contribution in [2.45, 2.75) is 19.8 Å². The predicted octanol–water partition coefficient (Wildman–Crippen LogP) is 4.68. The van der Waals surface area contributed by atoms with Gasteiger partial charge in [0.05, 0.1) is 18.2 Å². The van der Waals surface area contributed by atoms with Gasteiger partial charge in [-0.15, -0.1) is 0 Å². The highest BCUT2D eigenvalue weighted by atomic mass is 32.2. The molecule has 6 nitrogen and oxygen atoms in total. The average Bonchev–Trinajstić information content (AvgIpc) is 3.09. The fraction of sp³-hybridized carbons (Fsp3) is 0.360. The zero-order valence-electron chi connectivity index (χ0n) is 18.4. The summed E-state index contributed by atoms with van der Waals surface area (Å²) in [7, 11) is 0. The molecule has 2 heterocycles. The third kappa shape index (κ3) is 5.34. The normalized spacial score (nSPS) is 18.6. The molecule has 0 saturated carbocycles. The third-order valence-electron chi connectivity index (χ3n) is 5.67. The molecule has 32 heavy (non-hydrogen) atoms. The molecule has 2 aromatic rings. The molecule has 2 aliphatic rings. The summed E-state index contributed by atoms with van der Waals surface area (Å²) in [5.74, 6) is 0.513. The molecule has 2 amide bonds. The molecular weight excluding hydrogens is 422 g/mol. The minimum atomic E-state index is -0.228. The number of carbonyl (C=O) groups excluding carboxylic acids is 2. The van der Waals surface area contributed by atoms with Crippen LogP contribution in [0, 0.1) is 0 Å². The van der Waals surface area contributed by atoms with E-state index in [0.29, 0.717) is 18.2 Å². The number of amides is 2. The van der Waals surface area contributed by atoms with Crippen LogP contribution >= 0.6 is 11.8 Å². The lowest BCUT2D eigenvalue weighted by Gasteiger charge is -2.37. The van der Waals surface area contributed by atoms with E-state index < -0.39 is 0 Å². The summed E-state index contributed by atoms with van der Waals surface area (Å²) in [6.07, 6.45) is 3.81. The van der Waals surface area contributed by atoms with Gasteiger partial charge in [-0.1, -0.05) is 49.7 Å². The Balaban J connectivity index is 1.38. The molecule has 0 unspecified atom stereocenters. The van der Waals surface area contributed by atoms with Crippen molar-refractivity contribution >= 4 is 34.7 Å². The molecule has 2 fully saturated rings. The molecule has 0 aromatic heterocycles. The van der Waals surface area contributed by atoms with Crippen LogP contribution in [-0.4, -0.2) is 60.4 Å². The van der Waals surface area contributed by atoms with Gasteiger partial charge in [-0.25, -0.2) is 0 Å². The van der Waals surface area contributed by atoms with Crippen molar-refractivity contribution < 1.29 is 14.3 Å². The number of hydrogen-bond acceptors (Lipinski definition) is 6. The average molecular weight is 452 g/mol. The van der Waals surface area contributed by atoms with Crippen LogP contribution in [-0.2, 0) is 4.79 Å². The Kier molecular flexibility index (Phi) is 7.50. The van der Waals surface area contributed by atoms with Gasteiger partial charge in [-0.3, -0.25) is 19.4 Å². The maximum absolute atomic E-state index is 13.0. The van der Waals surface area contributed by atoms with Gasteiger partial charge in [0.1, 0.15) is 5.75 Å². The zero-order chi connectivity index (χ0) is 22.3. The lowest BCUT2D eigenvalue weighted by Crippen LogP contribution is -2.50. The second-order valence-electron chi connectivity index (χ2n) is 7.93. The van der Waals surface area contributed by atoms with E-state index in [1.807, 2.05) is 42.5 Å². The van der Waals surface area contributed by atoms with Crippen LogP contribution in [0.3, 0.4) is 0 Å². The van der Waals surface area contributed by atoms with E-state index in [4.69, 9.17) is 4.74 Å². The van der Waals surface area contributed by atoms with Gasteiger partial charge in [-0.05, 0) is 42.5 Å². The standard InChI is InChI=1S/C25H29N3O3S/c1-2-3-17-31-22-12-8-7-9-20(22)18-23-24(29)28(25(30)32-23)19-26-13-15-27(16-14-26)21-10-5-4-6-11-21/h4-12,18H,2-3,13-17,19H2,1H3/b23-18+. The first-order valence-electron chi connectivity index (χ1n) is 11.1. The first-order valence-corrected chi connectivity index (χ1v) is 12.0. The highest BCUT2D eigenvalue weighted by molar-refractivity contribution is 8.18. The van der Waals surface area contributed by atoms with Crippen molar-refractivity contribution in [2.75, 3.05) is 44.4 Å². The van der Waals surface area contributed by atoms with Gasteiger partial charge < -0.3 is 9.64 Å². The number of carbonyl (C=O) groups is 2. The lowest BCUT2D eigenvalue weighted by atomic mass is 10.2. The molecule has 168 valence electrons. The molecule has 2 saturated heterocycles. The smallest absolute Gasteiger partial charge is 0.294 e. The Labute approximate surface area is 193 Å². The second-order valence-corrected chi connectivity index (χ2v) is 8.92. The van der Waals surface area contributed by atoms with E-state index in [9.17, 15) is 9.59 Å². The quantitative estimate of drug-likeness (QED) is 0.429. The summed E-state index contributed by atoms with van der Waals surface area (Å²) in [5.41, 5.74) is 2.03. The highest BCUT2D eigenvalue weighted by Crippen LogP contribution is 2.34. The maximum Gasteiger partial charge on any atom is 0.294 e. The van der Waals surface area contributed by atoms with Crippen LogP contribution in [0.5, 0.6) is 5.75 Å². The Morgan fingerprint density at radius 3 is 2.44 bits per heavy atom. The SMILES string of the molecule is CCCCOc1ccccc1/C=C1/SC(=O)N(CN2CCN(c3ccccc3)CC2)C1=O. The molecule has 0 bridgehead atoms. The van der Waals surface area contributed by atoms with Crippen LogP contribution in [0.1, 0.15) is 25.3 Å². The van der Waals surface area contributed by atoms with Gasteiger partial charge in [-0.2, -0.15) is 0 Å². The Hall–Kier alpha value is -2.77. The summed E-state index contributed by atoms with van der Waals surface area (Å²) in [6, 6.07) is 18.0. The molecule has 0 aliphatic carbocycles. The summed E-state index contributed by atoms with van der Waals surface area (Å²) < 4.78 is 5.87. The minimum Gasteiger partial charge on any atom is -0.493 e. The van der Waals surface area contributed by atoms with Gasteiger partial charge in [0, 0.05) is 37.4 Å². The second kappa shape index (κ2) is 10.7. The number of rotatable bonds is 8. The van der Waals surface area contributed by atoms with Crippen molar-refractivity contribution in [3.63, 3.8) is 0 Å². The van der Waals surface area contributed by atoms with Gasteiger partial charge in [0.2, 0.25) is 0 Å². The van der Waals surface area contributed by atoms with Crippen LogP contribution in [0.25, 0.3) is 6.08 Å². The van der Waals surface area contributed by atoms with Crippen LogP contribution in [0.4, 0.5) is 10.5 Å². The fourth-order valence-electron chi connectivity index (χ4n) is 3.81. The Bertz CT molecular complexity index is 971. The highest BCUT2D eigenvalue weighted by Gasteiger charge is 2.36. The predicted molar refractivity (Wildman–Crippen MR) is 130 cm³/mol. The van der Waals surface area contributed by atoms with Gasteiger partial charge in [0.25, 0.3) is 11.1 Å². The molecule has 0 atom stereocenters. The number of piperazine rings is 1. The third-order valence-corrected chi connectivity index (χ3v) is 6.58. The maximum atomic E-state index is 13.0. The number of unbranched alkanes of at least 4 members (excludes halogenated alkanes) is 1. The zero-order valence-corrected chi connectivity index (χ0v) is 19.2. The van der Waals surface area contributed by atoms with Crippen molar-refractivity contribution in [3.05, 3.63) is 65.1 Å². The summed E-state index contributed by atoms with van der Waals surface area (Å²) in [4.78, 5) is 31.9. The van der Waals surface area contributed by atoms with E-state index in [1.54, 1.807) is 6.08 Å². The van der Waals surface area contributed by atoms with Crippen LogP contribution < -0.4 is 9.64 Å². The number of imide groups is 1. The van der Waals surface area contributed by atoms with Gasteiger partial charge >= 0.3 is 0 Å². The van der Waals surface area contributed by atoms with E-state index in [1.165, 1.54) is 10.6 Å². The molecular formula is C25H29N3O3S. The van der Waals surface area contributed by atoms with Crippen molar-refractivity contribution in [3.8, 4) is 5.75 Å².